The maximum atomic E-state index is 6.26. The van der Waals surface area contributed by atoms with E-state index in [9.17, 15) is 0 Å². The molecular formula is C17H20B2N8O. The number of imidazole rings is 1. The van der Waals surface area contributed by atoms with Crippen molar-refractivity contribution in [1.82, 2.24) is 14.6 Å². The predicted octanol–water partition coefficient (Wildman–Crippen LogP) is 2.21. The van der Waals surface area contributed by atoms with Crippen LogP contribution in [0.1, 0.15) is 11.3 Å². The van der Waals surface area contributed by atoms with Crippen molar-refractivity contribution in [3.05, 3.63) is 35.7 Å². The molecule has 0 atom stereocenters. The third-order valence-electron chi connectivity index (χ3n) is 4.33. The Bertz CT molecular complexity index is 1050. The number of nitrogens with one attached hydrogen (secondary N) is 2. The molecule has 0 fully saturated rings. The Morgan fingerprint density at radius 2 is 2.00 bits per heavy atom. The van der Waals surface area contributed by atoms with Crippen LogP contribution in [0.5, 0.6) is 0 Å². The van der Waals surface area contributed by atoms with Gasteiger partial charge in [0.25, 0.3) is 0 Å². The molecule has 1 aromatic carbocycles. The van der Waals surface area contributed by atoms with E-state index in [-0.39, 0.29) is 0 Å². The third kappa shape index (κ3) is 3.53. The van der Waals surface area contributed by atoms with Gasteiger partial charge in [-0.1, -0.05) is 0 Å². The molecular weight excluding hydrogens is 354 g/mol. The maximum absolute atomic E-state index is 6.26. The molecule has 0 spiro atoms. The lowest BCUT2D eigenvalue weighted by Gasteiger charge is -2.26. The Balaban J connectivity index is 2.13. The Morgan fingerprint density at radius 3 is 2.64 bits per heavy atom. The number of rotatable bonds is 6. The fourth-order valence-corrected chi connectivity index (χ4v) is 2.74. The van der Waals surface area contributed by atoms with Gasteiger partial charge in [-0.05, 0) is 24.6 Å². The van der Waals surface area contributed by atoms with Crippen LogP contribution in [0.2, 0.25) is 0 Å². The molecule has 11 heteroatoms. The van der Waals surface area contributed by atoms with Crippen molar-refractivity contribution in [3.8, 4) is 0 Å². The highest BCUT2D eigenvalue weighted by molar-refractivity contribution is 6.39. The highest BCUT2D eigenvalue weighted by Crippen LogP contribution is 2.37. The van der Waals surface area contributed by atoms with E-state index in [4.69, 9.17) is 26.2 Å². The van der Waals surface area contributed by atoms with Gasteiger partial charge in [0.1, 0.15) is 21.4 Å². The van der Waals surface area contributed by atoms with Crippen molar-refractivity contribution in [1.29, 1.82) is 0 Å². The number of nitrogen functional groups attached to an aromatic ring is 1. The molecule has 2 heterocycles. The van der Waals surface area contributed by atoms with Crippen LogP contribution in [-0.2, 0) is 10.1 Å². The van der Waals surface area contributed by atoms with Crippen molar-refractivity contribution in [2.75, 3.05) is 37.6 Å². The number of azo groups is 1. The van der Waals surface area contributed by atoms with Gasteiger partial charge in [-0.3, -0.25) is 0 Å². The van der Waals surface area contributed by atoms with Crippen LogP contribution in [0.3, 0.4) is 0 Å². The van der Waals surface area contributed by atoms with E-state index in [1.807, 2.05) is 20.0 Å². The first-order chi connectivity index (χ1) is 13.3. The van der Waals surface area contributed by atoms with Crippen molar-refractivity contribution >= 4 is 49.9 Å². The number of hydrogen-bond acceptors (Lipinski definition) is 8. The van der Waals surface area contributed by atoms with Crippen molar-refractivity contribution in [2.24, 2.45) is 10.2 Å². The minimum Gasteiger partial charge on any atom is -0.395 e. The molecule has 0 unspecified atom stereocenters. The second-order valence-corrected chi connectivity index (χ2v) is 6.21. The van der Waals surface area contributed by atoms with Gasteiger partial charge >= 0.3 is 0 Å². The summed E-state index contributed by atoms with van der Waals surface area (Å²) in [6.45, 7) is 1.92. The molecule has 4 N–H and O–H groups in total. The smallest absolute Gasteiger partial charge is 0.177 e. The number of ether oxygens (including phenoxy) is 1. The summed E-state index contributed by atoms with van der Waals surface area (Å²) in [5.74, 6) is 0.540. The summed E-state index contributed by atoms with van der Waals surface area (Å²) >= 11 is 0. The van der Waals surface area contributed by atoms with Crippen LogP contribution in [0.4, 0.5) is 28.6 Å². The number of benzene rings is 1. The van der Waals surface area contributed by atoms with Gasteiger partial charge in [0.15, 0.2) is 11.5 Å². The number of hydrogen-bond donors (Lipinski definition) is 3. The van der Waals surface area contributed by atoms with Gasteiger partial charge in [0.05, 0.1) is 29.0 Å². The zero-order valence-corrected chi connectivity index (χ0v) is 16.2. The molecule has 0 aliphatic rings. The first-order valence-electron chi connectivity index (χ1n) is 8.47. The highest BCUT2D eigenvalue weighted by atomic mass is 16.5. The van der Waals surface area contributed by atoms with E-state index < -0.39 is 5.40 Å². The molecule has 0 bridgehead atoms. The quantitative estimate of drug-likeness (QED) is 0.346. The van der Waals surface area contributed by atoms with Crippen molar-refractivity contribution in [3.63, 3.8) is 0 Å². The van der Waals surface area contributed by atoms with Crippen LogP contribution in [0.15, 0.2) is 34.6 Å². The summed E-state index contributed by atoms with van der Waals surface area (Å²) in [6.07, 6.45) is 1.75. The van der Waals surface area contributed by atoms with E-state index in [0.717, 1.165) is 17.0 Å². The van der Waals surface area contributed by atoms with Crippen LogP contribution in [0.25, 0.3) is 5.65 Å². The monoisotopic (exact) mass is 374 g/mol. The molecule has 3 rings (SSSR count). The molecule has 0 amide bonds. The molecule has 0 saturated carbocycles. The Kier molecular flexibility index (Phi) is 5.28. The van der Waals surface area contributed by atoms with Crippen molar-refractivity contribution < 1.29 is 4.74 Å². The molecule has 0 aliphatic heterocycles. The topological polar surface area (TPSA) is 114 Å². The van der Waals surface area contributed by atoms with Gasteiger partial charge in [-0.2, -0.15) is 10.2 Å². The predicted molar refractivity (Wildman–Crippen MR) is 112 cm³/mol. The number of anilines is 4. The van der Waals surface area contributed by atoms with Gasteiger partial charge < -0.3 is 21.1 Å². The van der Waals surface area contributed by atoms with Gasteiger partial charge in [-0.15, -0.1) is 5.10 Å². The number of fused-ring (bicyclic) bond motifs is 1. The lowest BCUT2D eigenvalue weighted by molar-refractivity contribution is 0.132. The van der Waals surface area contributed by atoms with Crippen LogP contribution in [-0.4, -0.2) is 51.5 Å². The number of aryl methyl sites for hydroxylation is 1. The lowest BCUT2D eigenvalue weighted by Crippen LogP contribution is -2.29. The molecule has 4 radical (unpaired) electrons. The van der Waals surface area contributed by atoms with Crippen LogP contribution in [0, 0.1) is 6.92 Å². The molecule has 2 aromatic heterocycles. The zero-order chi connectivity index (χ0) is 20.5. The Morgan fingerprint density at radius 1 is 1.25 bits per heavy atom. The molecule has 3 aromatic rings. The first kappa shape index (κ1) is 19.7. The van der Waals surface area contributed by atoms with E-state index in [2.05, 4.69) is 30.9 Å². The Hall–Kier alpha value is -3.07. The minimum atomic E-state index is -1.52. The van der Waals surface area contributed by atoms with Gasteiger partial charge in [0.2, 0.25) is 0 Å². The van der Waals surface area contributed by atoms with Gasteiger partial charge in [-0.25, -0.2) is 9.50 Å². The zero-order valence-electron chi connectivity index (χ0n) is 16.2. The summed E-state index contributed by atoms with van der Waals surface area (Å²) < 4.78 is 6.91. The molecule has 140 valence electrons. The fraction of sp³-hybridized carbons (Fsp3) is 0.294. The SMILES string of the molecule is [B]C([B])(OC)c1cc(N=NC)c(N)c(Nc2cc(NC)c3ncc(C)n3n2)c1. The normalized spacial score (nSPS) is 12.0. The summed E-state index contributed by atoms with van der Waals surface area (Å²) in [6, 6.07) is 5.15. The molecule has 0 saturated heterocycles. The van der Waals surface area contributed by atoms with Gasteiger partial charge in [0, 0.05) is 32.7 Å². The maximum Gasteiger partial charge on any atom is 0.177 e. The minimum absolute atomic E-state index is 0.372. The van der Waals surface area contributed by atoms with E-state index in [1.54, 1.807) is 29.9 Å². The Labute approximate surface area is 165 Å². The summed E-state index contributed by atoms with van der Waals surface area (Å²) in [5, 5.41) is 17.2. The van der Waals surface area contributed by atoms with E-state index in [0.29, 0.717) is 28.4 Å². The number of nitrogens with two attached hydrogens (primary N) is 1. The summed E-state index contributed by atoms with van der Waals surface area (Å²) in [7, 11) is 16.8. The number of methoxy groups -OCH3 is 1. The highest BCUT2D eigenvalue weighted by Gasteiger charge is 2.22. The van der Waals surface area contributed by atoms with E-state index >= 15 is 0 Å². The summed E-state index contributed by atoms with van der Waals surface area (Å²) in [4.78, 5) is 4.36. The summed E-state index contributed by atoms with van der Waals surface area (Å²) in [5.41, 5.74) is 10.4. The average molecular weight is 374 g/mol. The average Bonchev–Trinajstić information content (AvgIpc) is 3.05. The van der Waals surface area contributed by atoms with Crippen molar-refractivity contribution in [2.45, 2.75) is 12.3 Å². The largest absolute Gasteiger partial charge is 0.395 e. The van der Waals surface area contributed by atoms with Crippen LogP contribution >= 0.6 is 0 Å². The van der Waals surface area contributed by atoms with E-state index in [1.165, 1.54) is 7.11 Å². The fourth-order valence-electron chi connectivity index (χ4n) is 2.74. The second kappa shape index (κ2) is 7.51. The number of aromatic nitrogens is 3. The third-order valence-corrected chi connectivity index (χ3v) is 4.33. The molecule has 28 heavy (non-hydrogen) atoms. The first-order valence-corrected chi connectivity index (χ1v) is 8.47. The molecule has 0 aliphatic carbocycles. The second-order valence-electron chi connectivity index (χ2n) is 6.21. The lowest BCUT2D eigenvalue weighted by atomic mass is 9.61. The molecule has 9 nitrogen and oxygen atoms in total. The standard InChI is InChI=1S/C17H20B2N8O/c1-9-8-23-16-13(21-2)7-14(26-27(9)16)24-11-5-10(17(18,19)28-4)6-12(15(11)20)25-22-3/h5-8,21H,20H2,1-4H3,(H,24,26). The van der Waals surface area contributed by atoms with Crippen LogP contribution < -0.4 is 16.4 Å². The number of nitrogens with zero attached hydrogens (tertiary/aromatic N) is 5.